The number of hydrogen-bond acceptors (Lipinski definition) is 4. The highest BCUT2D eigenvalue weighted by Crippen LogP contribution is 2.23. The fraction of sp³-hybridized carbons (Fsp3) is 0.188. The first-order valence-electron chi connectivity index (χ1n) is 7.10. The number of rotatable bonds is 4. The van der Waals surface area contributed by atoms with E-state index in [0.717, 1.165) is 11.1 Å². The molecule has 2 aromatic heterocycles. The lowest BCUT2D eigenvalue weighted by atomic mass is 10.2. The fourth-order valence-electron chi connectivity index (χ4n) is 2.43. The fourth-order valence-corrected chi connectivity index (χ4v) is 2.43. The first kappa shape index (κ1) is 15.9. The number of halogens is 2. The molecule has 124 valence electrons. The summed E-state index contributed by atoms with van der Waals surface area (Å²) in [4.78, 5) is 16.6. The number of para-hydroxylation sites is 1. The Morgan fingerprint density at radius 2 is 2.08 bits per heavy atom. The molecule has 0 aliphatic carbocycles. The Kier molecular flexibility index (Phi) is 4.11. The molecule has 0 saturated heterocycles. The van der Waals surface area contributed by atoms with Gasteiger partial charge in [-0.1, -0.05) is 12.1 Å². The lowest BCUT2D eigenvalue weighted by Crippen LogP contribution is -2.15. The van der Waals surface area contributed by atoms with Crippen molar-refractivity contribution < 1.29 is 18.3 Å². The molecule has 0 aliphatic rings. The smallest absolute Gasteiger partial charge is 0.387 e. The maximum Gasteiger partial charge on any atom is 0.387 e. The van der Waals surface area contributed by atoms with Gasteiger partial charge in [0.15, 0.2) is 5.65 Å². The number of carbonyl (C=O) groups is 1. The van der Waals surface area contributed by atoms with Crippen LogP contribution in [0, 0.1) is 6.92 Å². The number of nitrogens with one attached hydrogen (secondary N) is 1. The number of amides is 1. The summed E-state index contributed by atoms with van der Waals surface area (Å²) in [6.45, 7) is -1.17. The molecular weight excluding hydrogens is 318 g/mol. The molecular formula is C16H14F2N4O2. The predicted octanol–water partition coefficient (Wildman–Crippen LogP) is 3.13. The summed E-state index contributed by atoms with van der Waals surface area (Å²) >= 11 is 0. The third kappa shape index (κ3) is 3.03. The highest BCUT2D eigenvalue weighted by atomic mass is 19.3. The van der Waals surface area contributed by atoms with Gasteiger partial charge in [-0.15, -0.1) is 0 Å². The molecule has 24 heavy (non-hydrogen) atoms. The predicted molar refractivity (Wildman–Crippen MR) is 84.3 cm³/mol. The van der Waals surface area contributed by atoms with Crippen LogP contribution in [-0.4, -0.2) is 27.3 Å². The van der Waals surface area contributed by atoms with Gasteiger partial charge in [0.2, 0.25) is 0 Å². The van der Waals surface area contributed by atoms with Gasteiger partial charge in [-0.3, -0.25) is 9.48 Å². The monoisotopic (exact) mass is 332 g/mol. The molecule has 0 spiro atoms. The molecule has 0 radical (unpaired) electrons. The van der Waals surface area contributed by atoms with E-state index in [1.165, 1.54) is 24.4 Å². The van der Waals surface area contributed by atoms with Crippen molar-refractivity contribution in [2.45, 2.75) is 13.5 Å². The molecule has 0 saturated carbocycles. The largest absolute Gasteiger partial charge is 0.434 e. The number of anilines is 1. The van der Waals surface area contributed by atoms with Crippen molar-refractivity contribution in [1.29, 1.82) is 0 Å². The summed E-state index contributed by atoms with van der Waals surface area (Å²) in [7, 11) is 1.78. The molecule has 0 bridgehead atoms. The average Bonchev–Trinajstić information content (AvgIpc) is 2.81. The zero-order valence-corrected chi connectivity index (χ0v) is 13.0. The van der Waals surface area contributed by atoms with Gasteiger partial charge in [0, 0.05) is 12.4 Å². The van der Waals surface area contributed by atoms with Gasteiger partial charge in [0.1, 0.15) is 5.75 Å². The number of aryl methyl sites for hydroxylation is 2. The first-order chi connectivity index (χ1) is 11.5. The zero-order valence-electron chi connectivity index (χ0n) is 13.0. The van der Waals surface area contributed by atoms with E-state index in [9.17, 15) is 13.6 Å². The summed E-state index contributed by atoms with van der Waals surface area (Å²) in [5.74, 6) is -0.745. The minimum absolute atomic E-state index is 0.0146. The van der Waals surface area contributed by atoms with Crippen molar-refractivity contribution in [2.24, 2.45) is 7.05 Å². The van der Waals surface area contributed by atoms with Crippen molar-refractivity contribution in [3.05, 3.63) is 47.8 Å². The summed E-state index contributed by atoms with van der Waals surface area (Å²) in [5, 5.41) is 7.69. The van der Waals surface area contributed by atoms with Gasteiger partial charge in [-0.25, -0.2) is 4.98 Å². The third-order valence-electron chi connectivity index (χ3n) is 3.47. The number of nitrogens with zero attached hydrogens (tertiary/aromatic N) is 3. The van der Waals surface area contributed by atoms with E-state index in [4.69, 9.17) is 0 Å². The number of carbonyl (C=O) groups excluding carboxylic acids is 1. The molecule has 8 heteroatoms. The van der Waals surface area contributed by atoms with Crippen LogP contribution in [0.25, 0.3) is 11.0 Å². The Balaban J connectivity index is 1.89. The maximum absolute atomic E-state index is 12.4. The van der Waals surface area contributed by atoms with E-state index in [0.29, 0.717) is 11.3 Å². The SMILES string of the molecule is Cc1nn(C)c2ncc(NC(=O)c3ccccc3OC(F)F)cc12. The van der Waals surface area contributed by atoms with Crippen LogP contribution in [0.3, 0.4) is 0 Å². The van der Waals surface area contributed by atoms with Gasteiger partial charge in [0.25, 0.3) is 5.91 Å². The summed E-state index contributed by atoms with van der Waals surface area (Å²) in [6.07, 6.45) is 1.48. The number of aromatic nitrogens is 3. The summed E-state index contributed by atoms with van der Waals surface area (Å²) in [5.41, 5.74) is 1.92. The molecule has 0 aliphatic heterocycles. The lowest BCUT2D eigenvalue weighted by molar-refractivity contribution is -0.0501. The number of pyridine rings is 1. The first-order valence-corrected chi connectivity index (χ1v) is 7.10. The number of fused-ring (bicyclic) bond motifs is 1. The minimum Gasteiger partial charge on any atom is -0.434 e. The molecule has 6 nitrogen and oxygen atoms in total. The van der Waals surface area contributed by atoms with Gasteiger partial charge in [-0.05, 0) is 25.1 Å². The molecule has 2 heterocycles. The van der Waals surface area contributed by atoms with E-state index in [1.807, 2.05) is 6.92 Å². The Hall–Kier alpha value is -3.03. The van der Waals surface area contributed by atoms with E-state index < -0.39 is 12.5 Å². The Morgan fingerprint density at radius 1 is 1.33 bits per heavy atom. The number of benzene rings is 1. The van der Waals surface area contributed by atoms with Crippen LogP contribution in [-0.2, 0) is 7.05 Å². The van der Waals surface area contributed by atoms with Gasteiger partial charge >= 0.3 is 6.61 Å². The number of hydrogen-bond donors (Lipinski definition) is 1. The normalized spacial score (nSPS) is 11.0. The third-order valence-corrected chi connectivity index (χ3v) is 3.47. The highest BCUT2D eigenvalue weighted by molar-refractivity contribution is 6.06. The van der Waals surface area contributed by atoms with Crippen molar-refractivity contribution in [3.63, 3.8) is 0 Å². The van der Waals surface area contributed by atoms with Crippen LogP contribution < -0.4 is 10.1 Å². The van der Waals surface area contributed by atoms with E-state index in [2.05, 4.69) is 20.1 Å². The van der Waals surface area contributed by atoms with Crippen LogP contribution in [0.4, 0.5) is 14.5 Å². The van der Waals surface area contributed by atoms with E-state index in [1.54, 1.807) is 23.9 Å². The Morgan fingerprint density at radius 3 is 2.83 bits per heavy atom. The molecule has 0 atom stereocenters. The van der Waals surface area contributed by atoms with Crippen LogP contribution >= 0.6 is 0 Å². The molecule has 3 rings (SSSR count). The topological polar surface area (TPSA) is 69.0 Å². The molecule has 1 N–H and O–H groups in total. The Labute approximate surface area is 136 Å². The zero-order chi connectivity index (χ0) is 17.3. The van der Waals surface area contributed by atoms with Crippen molar-refractivity contribution in [2.75, 3.05) is 5.32 Å². The summed E-state index contributed by atoms with van der Waals surface area (Å²) in [6, 6.07) is 7.54. The van der Waals surface area contributed by atoms with Gasteiger partial charge < -0.3 is 10.1 Å². The van der Waals surface area contributed by atoms with Gasteiger partial charge in [0.05, 0.1) is 23.1 Å². The second-order valence-electron chi connectivity index (χ2n) is 5.13. The second kappa shape index (κ2) is 6.23. The van der Waals surface area contributed by atoms with Crippen molar-refractivity contribution in [1.82, 2.24) is 14.8 Å². The number of alkyl halides is 2. The maximum atomic E-state index is 12.4. The van der Waals surface area contributed by atoms with E-state index in [-0.39, 0.29) is 11.3 Å². The van der Waals surface area contributed by atoms with Crippen molar-refractivity contribution >= 4 is 22.6 Å². The lowest BCUT2D eigenvalue weighted by Gasteiger charge is -2.10. The molecule has 3 aromatic rings. The van der Waals surface area contributed by atoms with Crippen LogP contribution in [0.2, 0.25) is 0 Å². The van der Waals surface area contributed by atoms with E-state index >= 15 is 0 Å². The Bertz CT molecular complexity index is 908. The number of ether oxygens (including phenoxy) is 1. The molecule has 1 amide bonds. The van der Waals surface area contributed by atoms with Crippen LogP contribution in [0.1, 0.15) is 16.1 Å². The van der Waals surface area contributed by atoms with Crippen LogP contribution in [0.5, 0.6) is 5.75 Å². The molecule has 0 fully saturated rings. The second-order valence-corrected chi connectivity index (χ2v) is 5.13. The highest BCUT2D eigenvalue weighted by Gasteiger charge is 2.16. The van der Waals surface area contributed by atoms with Crippen LogP contribution in [0.15, 0.2) is 36.5 Å². The quantitative estimate of drug-likeness (QED) is 0.797. The van der Waals surface area contributed by atoms with Gasteiger partial charge in [-0.2, -0.15) is 13.9 Å². The standard InChI is InChI=1S/C16H14F2N4O2/c1-9-12-7-10(8-19-14(12)22(2)21-9)20-15(23)11-5-3-4-6-13(11)24-16(17)18/h3-8,16H,1-2H3,(H,20,23). The minimum atomic E-state index is -3.00. The summed E-state index contributed by atoms with van der Waals surface area (Å²) < 4.78 is 30.9. The molecule has 1 aromatic carbocycles. The van der Waals surface area contributed by atoms with Crippen molar-refractivity contribution in [3.8, 4) is 5.75 Å². The molecule has 0 unspecified atom stereocenters. The average molecular weight is 332 g/mol.